The highest BCUT2D eigenvalue weighted by molar-refractivity contribution is 5.87. The van der Waals surface area contributed by atoms with Crippen LogP contribution in [0, 0.1) is 18.6 Å². The van der Waals surface area contributed by atoms with Gasteiger partial charge in [-0.3, -0.25) is 0 Å². The number of aromatic nitrogens is 1. The van der Waals surface area contributed by atoms with E-state index in [-0.39, 0.29) is 0 Å². The van der Waals surface area contributed by atoms with Crippen LogP contribution < -0.4 is 0 Å². The molecule has 0 bridgehead atoms. The van der Waals surface area contributed by atoms with Crippen LogP contribution >= 0.6 is 0 Å². The topological polar surface area (TPSA) is 8.17 Å². The van der Waals surface area contributed by atoms with Crippen LogP contribution in [0.25, 0.3) is 16.5 Å². The summed E-state index contributed by atoms with van der Waals surface area (Å²) in [6.45, 7) is 8.75. The molecule has 0 atom stereocenters. The Labute approximate surface area is 158 Å². The first kappa shape index (κ1) is 17.9. The number of aryl methyl sites for hydroxylation is 1. The molecule has 0 radical (unpaired) electrons. The number of hydrogen-bond donors (Lipinski definition) is 0. The van der Waals surface area contributed by atoms with E-state index in [0.717, 1.165) is 32.0 Å². The van der Waals surface area contributed by atoms with Crippen LogP contribution in [0.1, 0.15) is 22.4 Å². The second-order valence-electron chi connectivity index (χ2n) is 7.56. The van der Waals surface area contributed by atoms with E-state index in [4.69, 9.17) is 0 Å². The lowest BCUT2D eigenvalue weighted by molar-refractivity contribution is 0.351. The number of allylic oxidation sites excluding steroid dienone is 1. The Morgan fingerprint density at radius 1 is 1.07 bits per heavy atom. The highest BCUT2D eigenvalue weighted by Gasteiger charge is 2.21. The summed E-state index contributed by atoms with van der Waals surface area (Å²) >= 11 is 0. The molecular weight excluding hydrogens is 342 g/mol. The second-order valence-corrected chi connectivity index (χ2v) is 7.56. The van der Waals surface area contributed by atoms with Crippen molar-refractivity contribution in [2.45, 2.75) is 26.3 Å². The van der Waals surface area contributed by atoms with E-state index >= 15 is 0 Å². The standard InChI is InChI=1S/C23H24F2N2/c1-15-4-7-22-20(12-15)19-8-10-26(3)11-9-23(19)27(22)14-16(2)18-6-5-17(24)13-21(18)25/h4-7,12-13H,2,8-11,14H2,1,3H3. The van der Waals surface area contributed by atoms with Crippen LogP contribution in [0.4, 0.5) is 8.78 Å². The summed E-state index contributed by atoms with van der Waals surface area (Å²) in [6, 6.07) is 10.2. The molecule has 4 heteroatoms. The van der Waals surface area contributed by atoms with Crippen molar-refractivity contribution in [2.75, 3.05) is 20.1 Å². The summed E-state index contributed by atoms with van der Waals surface area (Å²) in [5.74, 6) is -1.12. The molecule has 2 nitrogen and oxygen atoms in total. The minimum absolute atomic E-state index is 0.379. The molecule has 2 heterocycles. The number of benzene rings is 2. The van der Waals surface area contributed by atoms with Crippen LogP contribution in [0.2, 0.25) is 0 Å². The van der Waals surface area contributed by atoms with Crippen molar-refractivity contribution in [3.63, 3.8) is 0 Å². The van der Waals surface area contributed by atoms with Crippen LogP contribution in [-0.4, -0.2) is 29.6 Å². The molecule has 2 aromatic carbocycles. The van der Waals surface area contributed by atoms with Gasteiger partial charge in [-0.15, -0.1) is 0 Å². The molecule has 0 spiro atoms. The molecule has 3 aromatic rings. The van der Waals surface area contributed by atoms with Gasteiger partial charge < -0.3 is 9.47 Å². The van der Waals surface area contributed by atoms with E-state index in [2.05, 4.69) is 48.2 Å². The number of rotatable bonds is 3. The fourth-order valence-corrected chi connectivity index (χ4v) is 4.10. The van der Waals surface area contributed by atoms with Gasteiger partial charge in [-0.1, -0.05) is 18.2 Å². The zero-order valence-corrected chi connectivity index (χ0v) is 15.9. The first-order valence-corrected chi connectivity index (χ1v) is 9.36. The molecular formula is C23H24F2N2. The summed E-state index contributed by atoms with van der Waals surface area (Å²) in [6.07, 6.45) is 1.97. The Kier molecular flexibility index (Phi) is 4.60. The molecule has 0 unspecified atom stereocenters. The van der Waals surface area contributed by atoms with Gasteiger partial charge in [-0.25, -0.2) is 8.78 Å². The Bertz CT molecular complexity index is 1030. The molecule has 27 heavy (non-hydrogen) atoms. The fourth-order valence-electron chi connectivity index (χ4n) is 4.10. The van der Waals surface area contributed by atoms with Crippen molar-refractivity contribution in [1.29, 1.82) is 0 Å². The first-order valence-electron chi connectivity index (χ1n) is 9.36. The van der Waals surface area contributed by atoms with Gasteiger partial charge in [-0.2, -0.15) is 0 Å². The summed E-state index contributed by atoms with van der Waals surface area (Å²) < 4.78 is 29.8. The Balaban J connectivity index is 1.80. The maximum Gasteiger partial charge on any atom is 0.133 e. The predicted octanol–water partition coefficient (Wildman–Crippen LogP) is 4.97. The van der Waals surface area contributed by atoms with Crippen molar-refractivity contribution in [3.8, 4) is 0 Å². The molecule has 0 amide bonds. The molecule has 0 saturated heterocycles. The van der Waals surface area contributed by atoms with Gasteiger partial charge in [0.1, 0.15) is 11.6 Å². The Hall–Kier alpha value is -2.46. The third-order valence-electron chi connectivity index (χ3n) is 5.58. The van der Waals surface area contributed by atoms with Gasteiger partial charge >= 0.3 is 0 Å². The molecule has 4 rings (SSSR count). The van der Waals surface area contributed by atoms with Gasteiger partial charge in [0.15, 0.2) is 0 Å². The lowest BCUT2D eigenvalue weighted by Gasteiger charge is -2.15. The van der Waals surface area contributed by atoms with E-state index in [1.54, 1.807) is 0 Å². The quantitative estimate of drug-likeness (QED) is 0.635. The molecule has 0 fully saturated rings. The average Bonchev–Trinajstić information content (AvgIpc) is 2.75. The molecule has 140 valence electrons. The number of halogens is 2. The van der Waals surface area contributed by atoms with Gasteiger partial charge in [0.25, 0.3) is 0 Å². The highest BCUT2D eigenvalue weighted by atomic mass is 19.1. The van der Waals surface area contributed by atoms with E-state index < -0.39 is 11.6 Å². The number of nitrogens with zero attached hydrogens (tertiary/aromatic N) is 2. The van der Waals surface area contributed by atoms with Crippen LogP contribution in [-0.2, 0) is 19.4 Å². The van der Waals surface area contributed by atoms with Gasteiger partial charge in [-0.05, 0) is 55.8 Å². The maximum atomic E-state index is 14.2. The zero-order chi connectivity index (χ0) is 19.1. The largest absolute Gasteiger partial charge is 0.340 e. The van der Waals surface area contributed by atoms with Crippen LogP contribution in [0.15, 0.2) is 43.0 Å². The summed E-state index contributed by atoms with van der Waals surface area (Å²) in [7, 11) is 2.15. The zero-order valence-electron chi connectivity index (χ0n) is 15.9. The molecule has 0 saturated carbocycles. The molecule has 0 N–H and O–H groups in total. The van der Waals surface area contributed by atoms with Gasteiger partial charge in [0.05, 0.1) is 0 Å². The first-order chi connectivity index (χ1) is 12.9. The second kappa shape index (κ2) is 6.93. The van der Waals surface area contributed by atoms with Crippen molar-refractivity contribution in [1.82, 2.24) is 9.47 Å². The summed E-state index contributed by atoms with van der Waals surface area (Å²) in [5, 5.41) is 1.28. The maximum absolute atomic E-state index is 14.2. The van der Waals surface area contributed by atoms with Crippen molar-refractivity contribution < 1.29 is 8.78 Å². The number of fused-ring (bicyclic) bond motifs is 3. The van der Waals surface area contributed by atoms with Gasteiger partial charge in [0, 0.05) is 54.3 Å². The smallest absolute Gasteiger partial charge is 0.133 e. The van der Waals surface area contributed by atoms with Crippen molar-refractivity contribution >= 4 is 16.5 Å². The third-order valence-corrected chi connectivity index (χ3v) is 5.58. The molecule has 1 aromatic heterocycles. The van der Waals surface area contributed by atoms with E-state index in [1.165, 1.54) is 39.9 Å². The lowest BCUT2D eigenvalue weighted by atomic mass is 10.1. The average molecular weight is 366 g/mol. The van der Waals surface area contributed by atoms with Crippen molar-refractivity contribution in [2.24, 2.45) is 0 Å². The lowest BCUT2D eigenvalue weighted by Crippen LogP contribution is -2.21. The highest BCUT2D eigenvalue weighted by Crippen LogP contribution is 2.32. The molecule has 1 aliphatic heterocycles. The minimum Gasteiger partial charge on any atom is -0.340 e. The van der Waals surface area contributed by atoms with E-state index in [9.17, 15) is 8.78 Å². The Morgan fingerprint density at radius 3 is 2.63 bits per heavy atom. The summed E-state index contributed by atoms with van der Waals surface area (Å²) in [4.78, 5) is 2.35. The number of likely N-dealkylation sites (N-methyl/N-ethyl adjacent to an activating group) is 1. The van der Waals surface area contributed by atoms with Crippen molar-refractivity contribution in [3.05, 3.63) is 77.0 Å². The fraction of sp³-hybridized carbons (Fsp3) is 0.304. The predicted molar refractivity (Wildman–Crippen MR) is 107 cm³/mol. The molecule has 0 aliphatic carbocycles. The van der Waals surface area contributed by atoms with E-state index in [1.807, 2.05) is 0 Å². The third kappa shape index (κ3) is 3.30. The minimum atomic E-state index is -0.567. The van der Waals surface area contributed by atoms with E-state index in [0.29, 0.717) is 17.7 Å². The van der Waals surface area contributed by atoms with Crippen LogP contribution in [0.5, 0.6) is 0 Å². The SMILES string of the molecule is C=C(Cn1c2c(c3cc(C)ccc31)CCN(C)CC2)c1ccc(F)cc1F. The van der Waals surface area contributed by atoms with Crippen LogP contribution in [0.3, 0.4) is 0 Å². The monoisotopic (exact) mass is 366 g/mol. The number of hydrogen-bond acceptors (Lipinski definition) is 1. The molecule has 1 aliphatic rings. The Morgan fingerprint density at radius 2 is 1.85 bits per heavy atom. The summed E-state index contributed by atoms with van der Waals surface area (Å²) in [5.41, 5.74) is 6.14. The normalized spacial score (nSPS) is 15.0. The van der Waals surface area contributed by atoms with Gasteiger partial charge in [0.2, 0.25) is 0 Å².